The Bertz CT molecular complexity index is 462. The summed E-state index contributed by atoms with van der Waals surface area (Å²) in [5, 5.41) is 0. The number of fused-ring (bicyclic) bond motifs is 2. The second-order valence-corrected chi connectivity index (χ2v) is 6.13. The van der Waals surface area contributed by atoms with Gasteiger partial charge in [-0.2, -0.15) is 0 Å². The SMILES string of the molecule is CC(C)c1ccc(F)c(OCC23CCC(CC2)O3)c1. The van der Waals surface area contributed by atoms with Crippen LogP contribution in [-0.4, -0.2) is 18.3 Å². The van der Waals surface area contributed by atoms with Gasteiger partial charge in [-0.25, -0.2) is 4.39 Å². The van der Waals surface area contributed by atoms with Crippen LogP contribution >= 0.6 is 0 Å². The number of rotatable bonds is 4. The zero-order valence-electron chi connectivity index (χ0n) is 11.6. The van der Waals surface area contributed by atoms with Crippen molar-refractivity contribution in [2.24, 2.45) is 0 Å². The van der Waals surface area contributed by atoms with E-state index >= 15 is 0 Å². The molecular formula is C16H21FO2. The first-order chi connectivity index (χ1) is 9.08. The summed E-state index contributed by atoms with van der Waals surface area (Å²) in [6, 6.07) is 5.14. The second-order valence-electron chi connectivity index (χ2n) is 6.13. The lowest BCUT2D eigenvalue weighted by molar-refractivity contribution is -0.0206. The van der Waals surface area contributed by atoms with Gasteiger partial charge in [0.2, 0.25) is 0 Å². The second kappa shape index (κ2) is 4.78. The highest BCUT2D eigenvalue weighted by molar-refractivity contribution is 5.32. The van der Waals surface area contributed by atoms with Gasteiger partial charge in [0, 0.05) is 0 Å². The van der Waals surface area contributed by atoms with Crippen molar-refractivity contribution in [1.29, 1.82) is 0 Å². The summed E-state index contributed by atoms with van der Waals surface area (Å²) in [6.45, 7) is 4.66. The minimum absolute atomic E-state index is 0.148. The Morgan fingerprint density at radius 1 is 1.37 bits per heavy atom. The smallest absolute Gasteiger partial charge is 0.165 e. The molecule has 2 heterocycles. The van der Waals surface area contributed by atoms with Crippen LogP contribution in [0, 0.1) is 5.82 Å². The van der Waals surface area contributed by atoms with E-state index in [9.17, 15) is 4.39 Å². The first-order valence-corrected chi connectivity index (χ1v) is 7.18. The molecule has 0 unspecified atom stereocenters. The van der Waals surface area contributed by atoms with Gasteiger partial charge in [-0.1, -0.05) is 19.9 Å². The third-order valence-electron chi connectivity index (χ3n) is 4.37. The summed E-state index contributed by atoms with van der Waals surface area (Å²) in [6.07, 6.45) is 4.75. The van der Waals surface area contributed by atoms with Gasteiger partial charge in [-0.05, 0) is 49.3 Å². The van der Waals surface area contributed by atoms with Gasteiger partial charge in [0.05, 0.1) is 6.10 Å². The lowest BCUT2D eigenvalue weighted by atomic mass is 9.89. The van der Waals surface area contributed by atoms with Gasteiger partial charge in [-0.15, -0.1) is 0 Å². The van der Waals surface area contributed by atoms with E-state index in [0.29, 0.717) is 24.4 Å². The summed E-state index contributed by atoms with van der Waals surface area (Å²) in [5.74, 6) is 0.451. The molecule has 0 radical (unpaired) electrons. The van der Waals surface area contributed by atoms with Crippen LogP contribution in [0.2, 0.25) is 0 Å². The van der Waals surface area contributed by atoms with Crippen LogP contribution in [0.1, 0.15) is 51.0 Å². The molecule has 2 nitrogen and oxygen atoms in total. The number of ether oxygens (including phenoxy) is 2. The van der Waals surface area contributed by atoms with Gasteiger partial charge < -0.3 is 9.47 Å². The standard InChI is InChI=1S/C16H21FO2/c1-11(2)12-3-4-14(17)15(9-12)18-10-16-7-5-13(19-16)6-8-16/h3-4,9,11,13H,5-8,10H2,1-2H3. The van der Waals surface area contributed by atoms with Crippen molar-refractivity contribution in [2.75, 3.05) is 6.61 Å². The molecule has 0 amide bonds. The molecule has 1 aromatic carbocycles. The molecule has 104 valence electrons. The normalized spacial score (nSPS) is 29.2. The number of halogens is 1. The van der Waals surface area contributed by atoms with Crippen LogP contribution in [0.4, 0.5) is 4.39 Å². The molecule has 2 bridgehead atoms. The first-order valence-electron chi connectivity index (χ1n) is 7.18. The zero-order valence-corrected chi connectivity index (χ0v) is 11.6. The highest BCUT2D eigenvalue weighted by atomic mass is 19.1. The van der Waals surface area contributed by atoms with Gasteiger partial charge in [0.25, 0.3) is 0 Å². The van der Waals surface area contributed by atoms with Gasteiger partial charge in [0.15, 0.2) is 11.6 Å². The molecule has 0 N–H and O–H groups in total. The molecule has 0 saturated carbocycles. The topological polar surface area (TPSA) is 18.5 Å². The van der Waals surface area contributed by atoms with E-state index in [0.717, 1.165) is 31.2 Å². The van der Waals surface area contributed by atoms with Crippen molar-refractivity contribution in [2.45, 2.75) is 57.2 Å². The lowest BCUT2D eigenvalue weighted by Crippen LogP contribution is -2.32. The Labute approximate surface area is 113 Å². The van der Waals surface area contributed by atoms with E-state index in [1.165, 1.54) is 6.07 Å². The molecule has 2 aliphatic heterocycles. The fraction of sp³-hybridized carbons (Fsp3) is 0.625. The monoisotopic (exact) mass is 264 g/mol. The summed E-state index contributed by atoms with van der Waals surface area (Å²) in [5.41, 5.74) is 0.954. The van der Waals surface area contributed by atoms with Crippen molar-refractivity contribution in [3.63, 3.8) is 0 Å². The number of hydrogen-bond donors (Lipinski definition) is 0. The highest BCUT2D eigenvalue weighted by Crippen LogP contribution is 2.43. The van der Waals surface area contributed by atoms with Crippen LogP contribution in [0.5, 0.6) is 5.75 Å². The highest BCUT2D eigenvalue weighted by Gasteiger charge is 2.46. The van der Waals surface area contributed by atoms with Gasteiger partial charge in [-0.3, -0.25) is 0 Å². The molecule has 1 aromatic rings. The molecule has 3 rings (SSSR count). The maximum Gasteiger partial charge on any atom is 0.165 e. The maximum absolute atomic E-state index is 13.8. The van der Waals surface area contributed by atoms with Gasteiger partial charge >= 0.3 is 0 Å². The Morgan fingerprint density at radius 3 is 2.68 bits per heavy atom. The quantitative estimate of drug-likeness (QED) is 0.817. The van der Waals surface area contributed by atoms with Crippen LogP contribution in [0.25, 0.3) is 0 Å². The van der Waals surface area contributed by atoms with Crippen molar-refractivity contribution < 1.29 is 13.9 Å². The molecule has 0 aromatic heterocycles. The third kappa shape index (κ3) is 2.48. The number of benzene rings is 1. The van der Waals surface area contributed by atoms with E-state index < -0.39 is 0 Å². The number of hydrogen-bond acceptors (Lipinski definition) is 2. The molecular weight excluding hydrogens is 243 g/mol. The van der Waals surface area contributed by atoms with E-state index in [-0.39, 0.29) is 11.4 Å². The molecule has 2 fully saturated rings. The Morgan fingerprint density at radius 2 is 2.11 bits per heavy atom. The molecule has 0 aliphatic carbocycles. The molecule has 0 atom stereocenters. The lowest BCUT2D eigenvalue weighted by Gasteiger charge is -2.24. The van der Waals surface area contributed by atoms with Crippen molar-refractivity contribution in [3.05, 3.63) is 29.6 Å². The Balaban J connectivity index is 1.71. The predicted octanol–water partition coefficient (Wildman–Crippen LogP) is 4.04. The third-order valence-corrected chi connectivity index (χ3v) is 4.37. The van der Waals surface area contributed by atoms with Crippen LogP contribution in [-0.2, 0) is 4.74 Å². The van der Waals surface area contributed by atoms with Crippen LogP contribution in [0.3, 0.4) is 0 Å². The minimum Gasteiger partial charge on any atom is -0.487 e. The molecule has 2 aliphatic rings. The average Bonchev–Trinajstić information content (AvgIpc) is 2.98. The van der Waals surface area contributed by atoms with Crippen molar-refractivity contribution in [3.8, 4) is 5.75 Å². The maximum atomic E-state index is 13.8. The summed E-state index contributed by atoms with van der Waals surface area (Å²) >= 11 is 0. The summed E-state index contributed by atoms with van der Waals surface area (Å²) in [4.78, 5) is 0. The predicted molar refractivity (Wildman–Crippen MR) is 72.1 cm³/mol. The van der Waals surface area contributed by atoms with Crippen molar-refractivity contribution >= 4 is 0 Å². The molecule has 2 saturated heterocycles. The Kier molecular flexibility index (Phi) is 3.25. The molecule has 3 heteroatoms. The first kappa shape index (κ1) is 12.9. The van der Waals surface area contributed by atoms with Crippen LogP contribution < -0.4 is 4.74 Å². The van der Waals surface area contributed by atoms with Gasteiger partial charge in [0.1, 0.15) is 12.2 Å². The van der Waals surface area contributed by atoms with E-state index in [1.807, 2.05) is 12.1 Å². The van der Waals surface area contributed by atoms with Crippen molar-refractivity contribution in [1.82, 2.24) is 0 Å². The average molecular weight is 264 g/mol. The molecule has 0 spiro atoms. The zero-order chi connectivity index (χ0) is 13.5. The van der Waals surface area contributed by atoms with Crippen LogP contribution in [0.15, 0.2) is 18.2 Å². The summed E-state index contributed by atoms with van der Waals surface area (Å²) < 4.78 is 25.5. The minimum atomic E-state index is -0.284. The Hall–Kier alpha value is -1.09. The van der Waals surface area contributed by atoms with E-state index in [2.05, 4.69) is 13.8 Å². The van der Waals surface area contributed by atoms with E-state index in [1.54, 1.807) is 0 Å². The fourth-order valence-corrected chi connectivity index (χ4v) is 3.08. The van der Waals surface area contributed by atoms with E-state index in [4.69, 9.17) is 9.47 Å². The fourth-order valence-electron chi connectivity index (χ4n) is 3.08. The largest absolute Gasteiger partial charge is 0.487 e. The molecule has 19 heavy (non-hydrogen) atoms. The summed E-state index contributed by atoms with van der Waals surface area (Å²) in [7, 11) is 0.